The summed E-state index contributed by atoms with van der Waals surface area (Å²) < 4.78 is 64.3. The number of halogens is 4. The molecular weight excluding hydrogens is 560 g/mol. The molecule has 12 heteroatoms. The van der Waals surface area contributed by atoms with Crippen LogP contribution >= 0.6 is 0 Å². The number of anilines is 1. The predicted molar refractivity (Wildman–Crippen MR) is 145 cm³/mol. The van der Waals surface area contributed by atoms with Gasteiger partial charge in [-0.1, -0.05) is 24.3 Å². The van der Waals surface area contributed by atoms with E-state index < -0.39 is 29.6 Å². The van der Waals surface area contributed by atoms with Crippen LogP contribution in [-0.4, -0.2) is 54.3 Å². The minimum absolute atomic E-state index is 0.116. The molecule has 42 heavy (non-hydrogen) atoms. The van der Waals surface area contributed by atoms with Gasteiger partial charge < -0.3 is 24.3 Å². The Bertz CT molecular complexity index is 1420. The number of carbonyl (C=O) groups excluding carboxylic acids is 2. The summed E-state index contributed by atoms with van der Waals surface area (Å²) in [5.41, 5.74) is 0.235. The molecule has 3 aromatic carbocycles. The van der Waals surface area contributed by atoms with Gasteiger partial charge in [-0.15, -0.1) is 5.06 Å². The van der Waals surface area contributed by atoms with Crippen LogP contribution in [0.4, 0.5) is 23.2 Å². The summed E-state index contributed by atoms with van der Waals surface area (Å²) in [6, 6.07) is 15.8. The highest BCUT2D eigenvalue weighted by atomic mass is 19.4. The van der Waals surface area contributed by atoms with Gasteiger partial charge in [0.15, 0.2) is 11.6 Å². The molecule has 1 amide bonds. The molecule has 0 saturated carbocycles. The van der Waals surface area contributed by atoms with Crippen molar-refractivity contribution in [2.75, 3.05) is 25.2 Å². The maximum atomic E-state index is 13.3. The zero-order valence-electron chi connectivity index (χ0n) is 22.5. The second kappa shape index (κ2) is 13.4. The lowest BCUT2D eigenvalue weighted by Crippen LogP contribution is -2.38. The molecule has 3 aromatic rings. The molecule has 1 heterocycles. The number of phenols is 1. The molecule has 222 valence electrons. The zero-order valence-corrected chi connectivity index (χ0v) is 22.5. The number of benzene rings is 3. The maximum Gasteiger partial charge on any atom is 0.493 e. The van der Waals surface area contributed by atoms with E-state index >= 15 is 0 Å². The van der Waals surface area contributed by atoms with E-state index in [1.165, 1.54) is 24.3 Å². The molecule has 8 nitrogen and oxygen atoms in total. The van der Waals surface area contributed by atoms with Crippen molar-refractivity contribution in [2.45, 2.75) is 31.7 Å². The molecule has 1 fully saturated rings. The van der Waals surface area contributed by atoms with Gasteiger partial charge in [0.2, 0.25) is 0 Å². The van der Waals surface area contributed by atoms with Crippen LogP contribution in [0.1, 0.15) is 24.0 Å². The number of hydrogen-bond acceptors (Lipinski definition) is 7. The number of piperidine rings is 1. The van der Waals surface area contributed by atoms with Crippen LogP contribution in [0.25, 0.3) is 6.08 Å². The average Bonchev–Trinajstić information content (AvgIpc) is 2.97. The number of hydrogen-bond donors (Lipinski definition) is 1. The molecule has 0 unspecified atom stereocenters. The maximum absolute atomic E-state index is 13.3. The number of amides is 1. The molecular formula is C30H28F4N2O6. The fraction of sp³-hybridized carbons (Fsp3) is 0.267. The van der Waals surface area contributed by atoms with Crippen molar-refractivity contribution < 1.29 is 46.6 Å². The fourth-order valence-electron chi connectivity index (χ4n) is 4.12. The largest absolute Gasteiger partial charge is 0.505 e. The number of ether oxygens (including phenoxy) is 2. The first kappa shape index (κ1) is 30.4. The van der Waals surface area contributed by atoms with Crippen LogP contribution in [0.3, 0.4) is 0 Å². The highest BCUT2D eigenvalue weighted by Crippen LogP contribution is 2.28. The molecule has 4 rings (SSSR count). The predicted octanol–water partition coefficient (Wildman–Crippen LogP) is 5.65. The minimum Gasteiger partial charge on any atom is -0.505 e. The summed E-state index contributed by atoms with van der Waals surface area (Å²) in [6.07, 6.45) is -1.50. The Morgan fingerprint density at radius 1 is 1.02 bits per heavy atom. The van der Waals surface area contributed by atoms with Crippen molar-refractivity contribution in [3.05, 3.63) is 89.8 Å². The number of rotatable bonds is 8. The van der Waals surface area contributed by atoms with Gasteiger partial charge in [0.25, 0.3) is 5.91 Å². The van der Waals surface area contributed by atoms with Gasteiger partial charge in [-0.3, -0.25) is 4.79 Å². The Hall–Kier alpha value is -4.58. The van der Waals surface area contributed by atoms with Crippen LogP contribution in [0.5, 0.6) is 17.2 Å². The van der Waals surface area contributed by atoms with Gasteiger partial charge in [-0.05, 0) is 74.0 Å². The van der Waals surface area contributed by atoms with Crippen LogP contribution in [0.2, 0.25) is 0 Å². The number of phenolic OH excluding ortho intramolecular Hbond substituents is 1. The molecule has 0 aliphatic carbocycles. The summed E-state index contributed by atoms with van der Waals surface area (Å²) >= 11 is 0. The third kappa shape index (κ3) is 8.23. The molecule has 1 N–H and O–H groups in total. The van der Waals surface area contributed by atoms with Crippen molar-refractivity contribution >= 4 is 23.6 Å². The second-order valence-electron chi connectivity index (χ2n) is 9.56. The number of alkyl halides is 3. The first-order chi connectivity index (χ1) is 20.0. The molecule has 0 bridgehead atoms. The van der Waals surface area contributed by atoms with Crippen molar-refractivity contribution in [3.63, 3.8) is 0 Å². The third-order valence-corrected chi connectivity index (χ3v) is 6.39. The lowest BCUT2D eigenvalue weighted by Gasteiger charge is -2.29. The number of aromatic hydroxyl groups is 1. The summed E-state index contributed by atoms with van der Waals surface area (Å²) in [7, 11) is 2.06. The van der Waals surface area contributed by atoms with E-state index in [9.17, 15) is 32.3 Å². The molecule has 0 aromatic heterocycles. The first-order valence-electron chi connectivity index (χ1n) is 13.0. The minimum atomic E-state index is -5.38. The van der Waals surface area contributed by atoms with Gasteiger partial charge in [0, 0.05) is 24.7 Å². The Morgan fingerprint density at radius 3 is 2.36 bits per heavy atom. The van der Waals surface area contributed by atoms with Crippen LogP contribution in [0.15, 0.2) is 72.8 Å². The lowest BCUT2D eigenvalue weighted by molar-refractivity contribution is -0.201. The number of nitrogens with zero attached hydrogens (tertiary/aromatic N) is 2. The van der Waals surface area contributed by atoms with E-state index in [2.05, 4.69) is 16.8 Å². The summed E-state index contributed by atoms with van der Waals surface area (Å²) in [4.78, 5) is 31.4. The summed E-state index contributed by atoms with van der Waals surface area (Å²) in [5.74, 6) is -4.24. The number of carbonyl (C=O) groups is 2. The Morgan fingerprint density at radius 2 is 1.69 bits per heavy atom. The number of hydroxylamine groups is 1. The van der Waals surface area contributed by atoms with Gasteiger partial charge in [0.05, 0.1) is 5.69 Å². The van der Waals surface area contributed by atoms with E-state index in [1.54, 1.807) is 30.3 Å². The Balaban J connectivity index is 1.49. The molecule has 0 atom stereocenters. The highest BCUT2D eigenvalue weighted by Gasteiger charge is 2.43. The molecule has 0 radical (unpaired) electrons. The third-order valence-electron chi connectivity index (χ3n) is 6.39. The van der Waals surface area contributed by atoms with E-state index in [1.807, 2.05) is 0 Å². The average molecular weight is 589 g/mol. The van der Waals surface area contributed by atoms with Crippen LogP contribution in [-0.2, 0) is 21.0 Å². The first-order valence-corrected chi connectivity index (χ1v) is 13.0. The summed E-state index contributed by atoms with van der Waals surface area (Å²) in [6.45, 7) is 1.72. The van der Waals surface area contributed by atoms with Gasteiger partial charge in [-0.25, -0.2) is 9.18 Å². The normalized spacial score (nSPS) is 14.5. The van der Waals surface area contributed by atoms with E-state index in [0.717, 1.165) is 50.2 Å². The topological polar surface area (TPSA) is 88.5 Å². The van der Waals surface area contributed by atoms with Crippen molar-refractivity contribution in [1.82, 2.24) is 4.90 Å². The molecule has 1 saturated heterocycles. The molecule has 0 spiro atoms. The molecule has 1 aliphatic rings. The second-order valence-corrected chi connectivity index (χ2v) is 9.56. The monoisotopic (exact) mass is 588 g/mol. The number of para-hydroxylation sites is 1. The Kier molecular flexibility index (Phi) is 9.68. The van der Waals surface area contributed by atoms with Crippen molar-refractivity contribution in [3.8, 4) is 17.2 Å². The lowest BCUT2D eigenvalue weighted by atomic mass is 10.1. The van der Waals surface area contributed by atoms with Gasteiger partial charge >= 0.3 is 12.1 Å². The van der Waals surface area contributed by atoms with Crippen LogP contribution < -0.4 is 14.5 Å². The zero-order chi connectivity index (χ0) is 30.3. The van der Waals surface area contributed by atoms with E-state index in [4.69, 9.17) is 9.47 Å². The number of likely N-dealkylation sites (tertiary alicyclic amines) is 1. The smallest absolute Gasteiger partial charge is 0.493 e. The van der Waals surface area contributed by atoms with Gasteiger partial charge in [0.1, 0.15) is 24.2 Å². The Labute approximate surface area is 239 Å². The van der Waals surface area contributed by atoms with Crippen LogP contribution in [0, 0.1) is 5.82 Å². The van der Waals surface area contributed by atoms with Crippen molar-refractivity contribution in [2.24, 2.45) is 0 Å². The quantitative estimate of drug-likeness (QED) is 0.207. The fourth-order valence-corrected chi connectivity index (χ4v) is 4.12. The van der Waals surface area contributed by atoms with E-state index in [-0.39, 0.29) is 34.6 Å². The van der Waals surface area contributed by atoms with Gasteiger partial charge in [-0.2, -0.15) is 13.2 Å². The highest BCUT2D eigenvalue weighted by molar-refractivity contribution is 6.04. The summed E-state index contributed by atoms with van der Waals surface area (Å²) in [5, 5.41) is 9.73. The van der Waals surface area contributed by atoms with Crippen molar-refractivity contribution in [1.29, 1.82) is 0 Å². The van der Waals surface area contributed by atoms with E-state index in [0.29, 0.717) is 11.5 Å². The SMILES string of the molecule is CN1CCC(Oc2ccc(OCc3ccccc3N(OC(=O)C(F)(F)F)C(=O)/C=C/c3ccc(F)c(O)c3)cc2)CC1. The molecule has 1 aliphatic heterocycles. The standard InChI is InChI=1S/C30H28F4N2O6/c1-35-16-14-24(15-17-35)41-23-10-8-22(9-11-23)40-19-21-4-2-3-5-26(21)36(42-29(39)30(32,33)34)28(38)13-7-20-6-12-25(31)27(37)18-20/h2-13,18,24,37H,14-17,19H2,1H3/b13-7+.